The predicted molar refractivity (Wildman–Crippen MR) is 100 cm³/mol. The van der Waals surface area contributed by atoms with Crippen molar-refractivity contribution in [3.05, 3.63) is 63.5 Å². The summed E-state index contributed by atoms with van der Waals surface area (Å²) < 4.78 is 3.21. The summed E-state index contributed by atoms with van der Waals surface area (Å²) in [4.78, 5) is 17.5. The predicted octanol–water partition coefficient (Wildman–Crippen LogP) is 4.09. The molecule has 124 valence electrons. The second-order valence-corrected chi connectivity index (χ2v) is 7.17. The van der Waals surface area contributed by atoms with Crippen molar-refractivity contribution in [2.45, 2.75) is 33.6 Å². The number of benzene rings is 2. The molecule has 24 heavy (non-hydrogen) atoms. The van der Waals surface area contributed by atoms with Crippen molar-refractivity contribution in [3.63, 3.8) is 0 Å². The van der Waals surface area contributed by atoms with E-state index in [4.69, 9.17) is 0 Å². The smallest absolute Gasteiger partial charge is 0.252 e. The molecule has 0 unspecified atom stereocenters. The Balaban J connectivity index is 1.96. The number of aryl methyl sites for hydroxylation is 4. The molecule has 0 bridgehead atoms. The Morgan fingerprint density at radius 1 is 1.17 bits per heavy atom. The van der Waals surface area contributed by atoms with Crippen LogP contribution in [0, 0.1) is 13.8 Å². The molecule has 3 rings (SSSR count). The number of carbonyl (C=O) groups excluding carboxylic acids is 1. The molecule has 0 spiro atoms. The summed E-state index contributed by atoms with van der Waals surface area (Å²) in [5, 5.41) is 0. The van der Waals surface area contributed by atoms with Gasteiger partial charge in [-0.1, -0.05) is 48.6 Å². The van der Waals surface area contributed by atoms with Crippen LogP contribution in [0.1, 0.15) is 29.2 Å². The van der Waals surface area contributed by atoms with E-state index in [1.165, 1.54) is 26.9 Å². The molecule has 0 aliphatic rings. The summed E-state index contributed by atoms with van der Waals surface area (Å²) in [6, 6.07) is 12.4. The average molecular weight is 338 g/mol. The van der Waals surface area contributed by atoms with E-state index in [-0.39, 0.29) is 5.91 Å². The van der Waals surface area contributed by atoms with Gasteiger partial charge in [0.05, 0.1) is 16.6 Å². The van der Waals surface area contributed by atoms with E-state index in [1.807, 2.05) is 17.7 Å². The molecule has 0 radical (unpaired) electrons. The molecule has 2 aromatic carbocycles. The van der Waals surface area contributed by atoms with Gasteiger partial charge in [0.25, 0.3) is 5.91 Å². The summed E-state index contributed by atoms with van der Waals surface area (Å²) in [6.07, 6.45) is 1.31. The lowest BCUT2D eigenvalue weighted by molar-refractivity contribution is -0.117. The van der Waals surface area contributed by atoms with Crippen LogP contribution in [0.15, 0.2) is 41.4 Å². The van der Waals surface area contributed by atoms with Crippen LogP contribution in [0.4, 0.5) is 0 Å². The maximum absolute atomic E-state index is 12.4. The van der Waals surface area contributed by atoms with E-state index < -0.39 is 0 Å². The number of rotatable bonds is 3. The SMILES string of the molecule is CCc1cccc2sc(=NC(=O)Cc3ccc(C)c(C)c3)n(C)c12. The van der Waals surface area contributed by atoms with E-state index in [2.05, 4.69) is 56.1 Å². The van der Waals surface area contributed by atoms with Gasteiger partial charge in [0, 0.05) is 7.05 Å². The number of amides is 1. The van der Waals surface area contributed by atoms with E-state index in [0.717, 1.165) is 16.8 Å². The van der Waals surface area contributed by atoms with Crippen molar-refractivity contribution < 1.29 is 4.79 Å². The lowest BCUT2D eigenvalue weighted by Gasteiger charge is -2.03. The third-order valence-corrected chi connectivity index (χ3v) is 5.53. The maximum Gasteiger partial charge on any atom is 0.252 e. The number of nitrogens with zero attached hydrogens (tertiary/aromatic N) is 2. The Bertz CT molecular complexity index is 979. The third kappa shape index (κ3) is 3.20. The fourth-order valence-electron chi connectivity index (χ4n) is 2.91. The number of carbonyl (C=O) groups is 1. The lowest BCUT2D eigenvalue weighted by atomic mass is 10.0. The van der Waals surface area contributed by atoms with E-state index >= 15 is 0 Å². The van der Waals surface area contributed by atoms with Gasteiger partial charge in [-0.2, -0.15) is 4.99 Å². The minimum absolute atomic E-state index is 0.0987. The first-order chi connectivity index (χ1) is 11.5. The Morgan fingerprint density at radius 2 is 1.96 bits per heavy atom. The number of hydrogen-bond donors (Lipinski definition) is 0. The van der Waals surface area contributed by atoms with Crippen LogP contribution in [0.5, 0.6) is 0 Å². The van der Waals surface area contributed by atoms with Crippen LogP contribution in [-0.4, -0.2) is 10.5 Å². The Labute approximate surface area is 146 Å². The monoisotopic (exact) mass is 338 g/mol. The van der Waals surface area contributed by atoms with Gasteiger partial charge in [-0.25, -0.2) is 0 Å². The molecule has 0 fully saturated rings. The molecule has 0 aliphatic carbocycles. The third-order valence-electron chi connectivity index (χ3n) is 4.43. The molecule has 0 aliphatic heterocycles. The van der Waals surface area contributed by atoms with Gasteiger partial charge in [0.15, 0.2) is 4.80 Å². The zero-order valence-electron chi connectivity index (χ0n) is 14.6. The number of aromatic nitrogens is 1. The highest BCUT2D eigenvalue weighted by atomic mass is 32.1. The van der Waals surface area contributed by atoms with Gasteiger partial charge >= 0.3 is 0 Å². The molecular weight excluding hydrogens is 316 g/mol. The van der Waals surface area contributed by atoms with E-state index in [0.29, 0.717) is 6.42 Å². The minimum Gasteiger partial charge on any atom is -0.319 e. The molecule has 3 nitrogen and oxygen atoms in total. The minimum atomic E-state index is -0.0987. The van der Waals surface area contributed by atoms with Crippen LogP contribution in [0.2, 0.25) is 0 Å². The summed E-state index contributed by atoms with van der Waals surface area (Å²) in [6.45, 7) is 6.29. The first kappa shape index (κ1) is 16.7. The molecule has 3 aromatic rings. The molecule has 1 amide bonds. The van der Waals surface area contributed by atoms with Crippen LogP contribution in [0.3, 0.4) is 0 Å². The zero-order valence-corrected chi connectivity index (χ0v) is 15.4. The quantitative estimate of drug-likeness (QED) is 0.708. The van der Waals surface area contributed by atoms with Gasteiger partial charge < -0.3 is 4.57 Å². The van der Waals surface area contributed by atoms with Gasteiger partial charge in [0.2, 0.25) is 0 Å². The van der Waals surface area contributed by atoms with Crippen LogP contribution < -0.4 is 4.80 Å². The second-order valence-electron chi connectivity index (χ2n) is 6.16. The topological polar surface area (TPSA) is 34.4 Å². The highest BCUT2D eigenvalue weighted by Gasteiger charge is 2.09. The molecule has 0 atom stereocenters. The number of hydrogen-bond acceptors (Lipinski definition) is 2. The van der Waals surface area contributed by atoms with Gasteiger partial charge in [-0.3, -0.25) is 4.79 Å². The van der Waals surface area contributed by atoms with Crippen molar-refractivity contribution in [1.82, 2.24) is 4.57 Å². The normalized spacial score (nSPS) is 12.1. The summed E-state index contributed by atoms with van der Waals surface area (Å²) in [5.74, 6) is -0.0987. The molecule has 0 N–H and O–H groups in total. The largest absolute Gasteiger partial charge is 0.319 e. The van der Waals surface area contributed by atoms with Gasteiger partial charge in [-0.15, -0.1) is 0 Å². The van der Waals surface area contributed by atoms with Crippen LogP contribution in [0.25, 0.3) is 10.2 Å². The highest BCUT2D eigenvalue weighted by Crippen LogP contribution is 2.21. The molecule has 1 aromatic heterocycles. The van der Waals surface area contributed by atoms with Crippen LogP contribution >= 0.6 is 11.3 Å². The average Bonchev–Trinajstić information content (AvgIpc) is 2.87. The molecule has 4 heteroatoms. The van der Waals surface area contributed by atoms with E-state index in [9.17, 15) is 4.79 Å². The fraction of sp³-hybridized carbons (Fsp3) is 0.300. The zero-order chi connectivity index (χ0) is 17.3. The van der Waals surface area contributed by atoms with Gasteiger partial charge in [-0.05, 0) is 48.6 Å². The maximum atomic E-state index is 12.4. The Morgan fingerprint density at radius 3 is 2.67 bits per heavy atom. The number of thiazole rings is 1. The van der Waals surface area contributed by atoms with Crippen molar-refractivity contribution in [2.24, 2.45) is 12.0 Å². The summed E-state index contributed by atoms with van der Waals surface area (Å²) in [5.41, 5.74) is 5.94. The number of fused-ring (bicyclic) bond motifs is 1. The lowest BCUT2D eigenvalue weighted by Crippen LogP contribution is -2.14. The Kier molecular flexibility index (Phi) is 4.67. The summed E-state index contributed by atoms with van der Waals surface area (Å²) in [7, 11) is 1.99. The molecule has 1 heterocycles. The first-order valence-electron chi connectivity index (χ1n) is 8.20. The van der Waals surface area contributed by atoms with Crippen molar-refractivity contribution in [1.29, 1.82) is 0 Å². The first-order valence-corrected chi connectivity index (χ1v) is 9.02. The highest BCUT2D eigenvalue weighted by molar-refractivity contribution is 7.16. The molecule has 0 saturated heterocycles. The van der Waals surface area contributed by atoms with Crippen molar-refractivity contribution in [2.75, 3.05) is 0 Å². The Hall–Kier alpha value is -2.20. The van der Waals surface area contributed by atoms with E-state index in [1.54, 1.807) is 11.3 Å². The molecular formula is C20H22N2OS. The van der Waals surface area contributed by atoms with Crippen molar-refractivity contribution in [3.8, 4) is 0 Å². The second kappa shape index (κ2) is 6.73. The number of para-hydroxylation sites is 1. The fourth-order valence-corrected chi connectivity index (χ4v) is 3.99. The standard InChI is InChI=1S/C20H22N2OS/c1-5-16-7-6-8-17-19(16)22(4)20(24-17)21-18(23)12-15-10-9-13(2)14(3)11-15/h6-11H,5,12H2,1-4H3. The summed E-state index contributed by atoms with van der Waals surface area (Å²) >= 11 is 1.57. The van der Waals surface area contributed by atoms with Gasteiger partial charge in [0.1, 0.15) is 0 Å². The van der Waals surface area contributed by atoms with Crippen molar-refractivity contribution >= 4 is 27.5 Å². The van der Waals surface area contributed by atoms with Crippen LogP contribution in [-0.2, 0) is 24.7 Å². The molecule has 0 saturated carbocycles.